The van der Waals surface area contributed by atoms with Crippen LogP contribution in [0.1, 0.15) is 21.5 Å². The fraction of sp³-hybridized carbons (Fsp3) is 0.278. The van der Waals surface area contributed by atoms with E-state index in [-0.39, 0.29) is 5.91 Å². The van der Waals surface area contributed by atoms with Crippen LogP contribution in [0, 0.1) is 6.92 Å². The van der Waals surface area contributed by atoms with Gasteiger partial charge in [-0.25, -0.2) is 0 Å². The van der Waals surface area contributed by atoms with E-state index in [9.17, 15) is 4.79 Å². The predicted octanol–water partition coefficient (Wildman–Crippen LogP) is 2.57. The average Bonchev–Trinajstić information content (AvgIpc) is 2.57. The van der Waals surface area contributed by atoms with Crippen molar-refractivity contribution in [3.05, 3.63) is 53.1 Å². The van der Waals surface area contributed by atoms with Crippen molar-refractivity contribution in [2.24, 2.45) is 0 Å². The summed E-state index contributed by atoms with van der Waals surface area (Å²) in [5, 5.41) is 2.89. The van der Waals surface area contributed by atoms with Crippen molar-refractivity contribution >= 4 is 11.6 Å². The van der Waals surface area contributed by atoms with E-state index in [0.29, 0.717) is 24.2 Å². The van der Waals surface area contributed by atoms with Crippen LogP contribution in [0.3, 0.4) is 0 Å². The third-order valence-corrected chi connectivity index (χ3v) is 3.71. The molecule has 0 unspecified atom stereocenters. The van der Waals surface area contributed by atoms with Gasteiger partial charge in [0.2, 0.25) is 0 Å². The summed E-state index contributed by atoms with van der Waals surface area (Å²) in [7, 11) is 3.24. The molecule has 0 aliphatic heterocycles. The molecule has 0 aliphatic rings. The van der Waals surface area contributed by atoms with E-state index in [0.717, 1.165) is 22.6 Å². The summed E-state index contributed by atoms with van der Waals surface area (Å²) in [4.78, 5) is 12.2. The first-order valence-electron chi connectivity index (χ1n) is 7.40. The number of hydrogen-bond acceptors (Lipinski definition) is 4. The maximum absolute atomic E-state index is 12.2. The largest absolute Gasteiger partial charge is 0.497 e. The number of anilines is 1. The van der Waals surface area contributed by atoms with Gasteiger partial charge in [0, 0.05) is 17.8 Å². The molecule has 0 aromatic heterocycles. The van der Waals surface area contributed by atoms with Gasteiger partial charge in [-0.05, 0) is 54.8 Å². The monoisotopic (exact) mass is 314 g/mol. The van der Waals surface area contributed by atoms with Crippen LogP contribution in [0.25, 0.3) is 0 Å². The third kappa shape index (κ3) is 4.16. The lowest BCUT2D eigenvalue weighted by atomic mass is 10.1. The number of methoxy groups -OCH3 is 2. The van der Waals surface area contributed by atoms with Gasteiger partial charge in [0.25, 0.3) is 5.91 Å². The Morgan fingerprint density at radius 1 is 1.13 bits per heavy atom. The molecule has 0 fully saturated rings. The molecule has 0 aliphatic carbocycles. The van der Waals surface area contributed by atoms with Crippen LogP contribution < -0.4 is 20.5 Å². The van der Waals surface area contributed by atoms with Crippen LogP contribution in [0.4, 0.5) is 5.69 Å². The van der Waals surface area contributed by atoms with Crippen molar-refractivity contribution < 1.29 is 14.3 Å². The van der Waals surface area contributed by atoms with E-state index in [2.05, 4.69) is 5.32 Å². The number of rotatable bonds is 6. The molecule has 0 spiro atoms. The van der Waals surface area contributed by atoms with Crippen LogP contribution >= 0.6 is 0 Å². The molecule has 1 amide bonds. The predicted molar refractivity (Wildman–Crippen MR) is 91.2 cm³/mol. The third-order valence-electron chi connectivity index (χ3n) is 3.71. The topological polar surface area (TPSA) is 73.6 Å². The number of nitrogens with one attached hydrogen (secondary N) is 1. The van der Waals surface area contributed by atoms with E-state index in [1.807, 2.05) is 31.2 Å². The molecular weight excluding hydrogens is 292 g/mol. The summed E-state index contributed by atoms with van der Waals surface area (Å²) in [5.74, 6) is 1.40. The average molecular weight is 314 g/mol. The first kappa shape index (κ1) is 16.7. The van der Waals surface area contributed by atoms with E-state index in [1.165, 1.54) is 0 Å². The molecule has 3 N–H and O–H groups in total. The number of amides is 1. The smallest absolute Gasteiger partial charge is 0.251 e. The zero-order chi connectivity index (χ0) is 16.8. The zero-order valence-corrected chi connectivity index (χ0v) is 13.7. The first-order chi connectivity index (χ1) is 11.0. The number of aryl methyl sites for hydroxylation is 1. The molecule has 5 nitrogen and oxygen atoms in total. The first-order valence-corrected chi connectivity index (χ1v) is 7.40. The molecule has 5 heteroatoms. The van der Waals surface area contributed by atoms with Crippen LogP contribution in [0.5, 0.6) is 11.5 Å². The Balaban J connectivity index is 1.99. The van der Waals surface area contributed by atoms with Gasteiger partial charge in [-0.15, -0.1) is 0 Å². The molecule has 122 valence electrons. The van der Waals surface area contributed by atoms with Gasteiger partial charge in [0.05, 0.1) is 14.2 Å². The Morgan fingerprint density at radius 2 is 1.91 bits per heavy atom. The summed E-state index contributed by atoms with van der Waals surface area (Å²) >= 11 is 0. The highest BCUT2D eigenvalue weighted by molar-refractivity contribution is 5.95. The standard InChI is InChI=1S/C18H22N2O3/c1-12-4-5-14(11-16(12)19)18(21)20-9-8-13-10-15(22-2)6-7-17(13)23-3/h4-7,10-11H,8-9,19H2,1-3H3,(H,20,21). The minimum atomic E-state index is -0.140. The van der Waals surface area contributed by atoms with E-state index in [4.69, 9.17) is 15.2 Å². The summed E-state index contributed by atoms with van der Waals surface area (Å²) in [6, 6.07) is 10.9. The number of nitrogens with two attached hydrogens (primary N) is 1. The van der Waals surface area contributed by atoms with E-state index >= 15 is 0 Å². The molecule has 0 heterocycles. The molecule has 23 heavy (non-hydrogen) atoms. The summed E-state index contributed by atoms with van der Waals surface area (Å²) in [5.41, 5.74) is 8.96. The molecule has 2 rings (SSSR count). The van der Waals surface area contributed by atoms with Crippen molar-refractivity contribution in [1.29, 1.82) is 0 Å². The molecule has 0 saturated heterocycles. The quantitative estimate of drug-likeness (QED) is 0.804. The minimum absolute atomic E-state index is 0.140. The van der Waals surface area contributed by atoms with Crippen LogP contribution in [-0.4, -0.2) is 26.7 Å². The van der Waals surface area contributed by atoms with Gasteiger partial charge in [-0.2, -0.15) is 0 Å². The van der Waals surface area contributed by atoms with Gasteiger partial charge in [-0.3, -0.25) is 4.79 Å². The Kier molecular flexibility index (Phi) is 5.46. The second-order valence-corrected chi connectivity index (χ2v) is 5.26. The number of nitrogen functional groups attached to an aromatic ring is 1. The van der Waals surface area contributed by atoms with Crippen molar-refractivity contribution in [2.75, 3.05) is 26.5 Å². The molecule has 0 atom stereocenters. The second kappa shape index (κ2) is 7.54. The zero-order valence-electron chi connectivity index (χ0n) is 13.7. The van der Waals surface area contributed by atoms with Gasteiger partial charge in [0.15, 0.2) is 0 Å². The van der Waals surface area contributed by atoms with Crippen LogP contribution in [-0.2, 0) is 6.42 Å². The highest BCUT2D eigenvalue weighted by Gasteiger charge is 2.09. The Morgan fingerprint density at radius 3 is 2.57 bits per heavy atom. The highest BCUT2D eigenvalue weighted by Crippen LogP contribution is 2.24. The number of benzene rings is 2. The number of carbonyl (C=O) groups is 1. The molecule has 0 bridgehead atoms. The Hall–Kier alpha value is -2.69. The fourth-order valence-corrected chi connectivity index (χ4v) is 2.27. The van der Waals surface area contributed by atoms with Crippen molar-refractivity contribution in [1.82, 2.24) is 5.32 Å². The highest BCUT2D eigenvalue weighted by atomic mass is 16.5. The summed E-state index contributed by atoms with van der Waals surface area (Å²) in [6.45, 7) is 2.40. The van der Waals surface area contributed by atoms with Crippen molar-refractivity contribution in [2.45, 2.75) is 13.3 Å². The molecule has 0 radical (unpaired) electrons. The SMILES string of the molecule is COc1ccc(OC)c(CCNC(=O)c2ccc(C)c(N)c2)c1. The van der Waals surface area contributed by atoms with E-state index < -0.39 is 0 Å². The van der Waals surface area contributed by atoms with Gasteiger partial charge in [0.1, 0.15) is 11.5 Å². The summed E-state index contributed by atoms with van der Waals surface area (Å²) in [6.07, 6.45) is 0.646. The number of hydrogen-bond donors (Lipinski definition) is 2. The van der Waals surface area contributed by atoms with Crippen LogP contribution in [0.2, 0.25) is 0 Å². The Labute approximate surface area is 136 Å². The maximum atomic E-state index is 12.2. The van der Waals surface area contributed by atoms with Crippen molar-refractivity contribution in [3.63, 3.8) is 0 Å². The minimum Gasteiger partial charge on any atom is -0.497 e. The number of ether oxygens (including phenoxy) is 2. The molecule has 2 aromatic carbocycles. The lowest BCUT2D eigenvalue weighted by Gasteiger charge is -2.11. The van der Waals surface area contributed by atoms with Gasteiger partial charge < -0.3 is 20.5 Å². The summed E-state index contributed by atoms with van der Waals surface area (Å²) < 4.78 is 10.5. The fourth-order valence-electron chi connectivity index (χ4n) is 2.27. The van der Waals surface area contributed by atoms with Crippen molar-refractivity contribution in [3.8, 4) is 11.5 Å². The lowest BCUT2D eigenvalue weighted by molar-refractivity contribution is 0.0954. The molecule has 2 aromatic rings. The molecule has 0 saturated carbocycles. The van der Waals surface area contributed by atoms with Gasteiger partial charge >= 0.3 is 0 Å². The van der Waals surface area contributed by atoms with Crippen LogP contribution in [0.15, 0.2) is 36.4 Å². The Bertz CT molecular complexity index is 699. The van der Waals surface area contributed by atoms with E-state index in [1.54, 1.807) is 26.4 Å². The molecular formula is C18H22N2O3. The maximum Gasteiger partial charge on any atom is 0.251 e. The van der Waals surface area contributed by atoms with Gasteiger partial charge in [-0.1, -0.05) is 6.07 Å². The lowest BCUT2D eigenvalue weighted by Crippen LogP contribution is -2.25. The second-order valence-electron chi connectivity index (χ2n) is 5.26. The normalized spacial score (nSPS) is 10.2. The number of carbonyl (C=O) groups excluding carboxylic acids is 1.